The standard InChI is InChI=1S/C25H26ClNO7/c1-2-3-4-14(26)8-11-5-6-16(28)19-15(11)9-12-7-13-10-17(29)20(24(27)33)23(32)25(13,34)22(31)18(12)21(19)30/h5-6,8,12-13,28-29,31,34H,2-4,7,9-10H2,1H3,(H2,27,33)/b14-8-/t12-,13?,25+/m1/s1. The number of aliphatic hydroxyl groups is 3. The zero-order valence-electron chi connectivity index (χ0n) is 18.6. The molecule has 1 amide bonds. The number of phenols is 1. The Labute approximate surface area is 201 Å². The number of aliphatic hydroxyl groups excluding tert-OH is 2. The largest absolute Gasteiger partial charge is 0.511 e. The maximum Gasteiger partial charge on any atom is 0.255 e. The van der Waals surface area contributed by atoms with E-state index in [1.807, 2.05) is 6.92 Å². The maximum absolute atomic E-state index is 13.5. The van der Waals surface area contributed by atoms with E-state index in [1.54, 1.807) is 12.1 Å². The minimum absolute atomic E-state index is 0.0228. The van der Waals surface area contributed by atoms with Crippen LogP contribution in [-0.4, -0.2) is 43.5 Å². The number of ketones is 2. The number of rotatable bonds is 5. The molecular formula is C25H26ClNO7. The molecular weight excluding hydrogens is 462 g/mol. The van der Waals surface area contributed by atoms with Crippen molar-refractivity contribution < 1.29 is 34.8 Å². The lowest BCUT2D eigenvalue weighted by Crippen LogP contribution is -2.57. The van der Waals surface area contributed by atoms with Gasteiger partial charge in [-0.25, -0.2) is 0 Å². The molecule has 6 N–H and O–H groups in total. The van der Waals surface area contributed by atoms with Gasteiger partial charge in [0.25, 0.3) is 5.91 Å². The highest BCUT2D eigenvalue weighted by molar-refractivity contribution is 6.31. The van der Waals surface area contributed by atoms with Crippen molar-refractivity contribution in [3.05, 3.63) is 56.5 Å². The number of primary amides is 1. The Morgan fingerprint density at radius 3 is 2.59 bits per heavy atom. The molecule has 0 bridgehead atoms. The second kappa shape index (κ2) is 8.60. The van der Waals surface area contributed by atoms with Crippen molar-refractivity contribution in [2.24, 2.45) is 17.6 Å². The van der Waals surface area contributed by atoms with Crippen LogP contribution in [0.2, 0.25) is 0 Å². The van der Waals surface area contributed by atoms with Gasteiger partial charge in [-0.1, -0.05) is 31.0 Å². The number of fused-ring (bicyclic) bond motifs is 3. The van der Waals surface area contributed by atoms with Crippen LogP contribution < -0.4 is 5.73 Å². The molecule has 8 nitrogen and oxygen atoms in total. The van der Waals surface area contributed by atoms with E-state index >= 15 is 0 Å². The van der Waals surface area contributed by atoms with Crippen LogP contribution in [0.4, 0.5) is 0 Å². The summed E-state index contributed by atoms with van der Waals surface area (Å²) in [6.45, 7) is 2.05. The van der Waals surface area contributed by atoms with Crippen LogP contribution >= 0.6 is 11.6 Å². The lowest BCUT2D eigenvalue weighted by atomic mass is 9.60. The quantitative estimate of drug-likeness (QED) is 0.398. The topological polar surface area (TPSA) is 158 Å². The molecule has 0 saturated carbocycles. The molecule has 0 aromatic heterocycles. The SMILES string of the molecule is CCCC/C(Cl)=C/c1ccc(O)c2c1C[C@H]1CC3CC(O)=C(C(N)=O)C(=O)[C@@]3(O)C(O)=C1C2=O. The number of halogens is 1. The number of unbranched alkanes of at least 4 members (excludes halogenated alkanes) is 1. The van der Waals surface area contributed by atoms with E-state index in [-0.39, 0.29) is 36.1 Å². The summed E-state index contributed by atoms with van der Waals surface area (Å²) in [5.74, 6) is -6.42. The van der Waals surface area contributed by atoms with Gasteiger partial charge >= 0.3 is 0 Å². The first-order valence-corrected chi connectivity index (χ1v) is 11.6. The third kappa shape index (κ3) is 3.52. The van der Waals surface area contributed by atoms with Crippen LogP contribution in [0.3, 0.4) is 0 Å². The summed E-state index contributed by atoms with van der Waals surface area (Å²) in [4.78, 5) is 38.1. The summed E-state index contributed by atoms with van der Waals surface area (Å²) in [7, 11) is 0. The van der Waals surface area contributed by atoms with E-state index < -0.39 is 52.0 Å². The minimum atomic E-state index is -2.56. The predicted molar refractivity (Wildman–Crippen MR) is 124 cm³/mol. The fraction of sp³-hybridized carbons (Fsp3) is 0.400. The minimum Gasteiger partial charge on any atom is -0.511 e. The van der Waals surface area contributed by atoms with Gasteiger partial charge in [-0.2, -0.15) is 0 Å². The smallest absolute Gasteiger partial charge is 0.255 e. The Morgan fingerprint density at radius 2 is 1.94 bits per heavy atom. The van der Waals surface area contributed by atoms with Crippen molar-refractivity contribution in [3.63, 3.8) is 0 Å². The summed E-state index contributed by atoms with van der Waals surface area (Å²) >= 11 is 6.38. The van der Waals surface area contributed by atoms with E-state index in [0.29, 0.717) is 22.6 Å². The summed E-state index contributed by atoms with van der Waals surface area (Å²) in [6, 6.07) is 3.03. The first-order valence-electron chi connectivity index (χ1n) is 11.2. The number of aromatic hydroxyl groups is 1. The van der Waals surface area contributed by atoms with Gasteiger partial charge < -0.3 is 26.2 Å². The van der Waals surface area contributed by atoms with Crippen molar-refractivity contribution in [2.75, 3.05) is 0 Å². The number of carbonyl (C=O) groups excluding carboxylic acids is 3. The third-order valence-corrected chi connectivity index (χ3v) is 7.36. The van der Waals surface area contributed by atoms with Gasteiger partial charge in [0.1, 0.15) is 22.8 Å². The van der Waals surface area contributed by atoms with E-state index in [1.165, 1.54) is 6.07 Å². The number of carbonyl (C=O) groups is 3. The van der Waals surface area contributed by atoms with Crippen molar-refractivity contribution >= 4 is 35.2 Å². The van der Waals surface area contributed by atoms with Gasteiger partial charge in [0.15, 0.2) is 11.4 Å². The molecule has 0 heterocycles. The van der Waals surface area contributed by atoms with E-state index in [2.05, 4.69) is 0 Å². The molecule has 1 aromatic rings. The Morgan fingerprint density at radius 1 is 1.24 bits per heavy atom. The number of benzene rings is 1. The molecule has 0 saturated heterocycles. The lowest BCUT2D eigenvalue weighted by molar-refractivity contribution is -0.144. The molecule has 0 fully saturated rings. The van der Waals surface area contributed by atoms with Crippen LogP contribution in [-0.2, 0) is 16.0 Å². The molecule has 0 radical (unpaired) electrons. The molecule has 3 aliphatic carbocycles. The van der Waals surface area contributed by atoms with E-state index in [9.17, 15) is 34.8 Å². The first-order chi connectivity index (χ1) is 16.0. The fourth-order valence-electron chi connectivity index (χ4n) is 5.37. The van der Waals surface area contributed by atoms with Crippen LogP contribution in [0.15, 0.2) is 39.8 Å². The number of Topliss-reactive ketones (excluding diaryl/α,β-unsaturated/α-hetero) is 2. The normalized spacial score (nSPS) is 26.9. The molecule has 4 rings (SSSR count). The third-order valence-electron chi connectivity index (χ3n) is 7.06. The molecule has 3 aliphatic rings. The number of amides is 1. The molecule has 1 unspecified atom stereocenters. The van der Waals surface area contributed by atoms with Gasteiger partial charge in [0.2, 0.25) is 5.78 Å². The van der Waals surface area contributed by atoms with E-state index in [0.717, 1.165) is 12.8 Å². The zero-order chi connectivity index (χ0) is 24.9. The number of hydrogen-bond acceptors (Lipinski definition) is 7. The highest BCUT2D eigenvalue weighted by Crippen LogP contribution is 2.51. The number of hydrogen-bond donors (Lipinski definition) is 5. The summed E-state index contributed by atoms with van der Waals surface area (Å²) in [5, 5.41) is 43.6. The molecule has 180 valence electrons. The Hall–Kier alpha value is -3.10. The summed E-state index contributed by atoms with van der Waals surface area (Å²) < 4.78 is 0. The zero-order valence-corrected chi connectivity index (χ0v) is 19.4. The summed E-state index contributed by atoms with van der Waals surface area (Å²) in [5.41, 5.74) is 2.87. The van der Waals surface area contributed by atoms with Crippen molar-refractivity contribution in [2.45, 2.75) is 51.0 Å². The predicted octanol–water partition coefficient (Wildman–Crippen LogP) is 3.35. The highest BCUT2D eigenvalue weighted by atomic mass is 35.5. The second-order valence-corrected chi connectivity index (χ2v) is 9.62. The van der Waals surface area contributed by atoms with Crippen LogP contribution in [0.25, 0.3) is 6.08 Å². The Balaban J connectivity index is 1.84. The molecule has 3 atom stereocenters. The number of nitrogens with two attached hydrogens (primary N) is 1. The second-order valence-electron chi connectivity index (χ2n) is 9.13. The van der Waals surface area contributed by atoms with Crippen molar-refractivity contribution in [1.29, 1.82) is 0 Å². The fourth-order valence-corrected chi connectivity index (χ4v) is 5.62. The maximum atomic E-state index is 13.5. The average molecular weight is 488 g/mol. The molecule has 9 heteroatoms. The lowest BCUT2D eigenvalue weighted by Gasteiger charge is -2.45. The van der Waals surface area contributed by atoms with Gasteiger partial charge in [0.05, 0.1) is 5.56 Å². The average Bonchev–Trinajstić information content (AvgIpc) is 2.76. The van der Waals surface area contributed by atoms with Crippen LogP contribution in [0.5, 0.6) is 5.75 Å². The van der Waals surface area contributed by atoms with Gasteiger partial charge in [-0.3, -0.25) is 14.4 Å². The molecule has 0 spiro atoms. The molecule has 1 aromatic carbocycles. The Bertz CT molecular complexity index is 1210. The van der Waals surface area contributed by atoms with Crippen molar-refractivity contribution in [1.82, 2.24) is 0 Å². The number of allylic oxidation sites excluding steroid dienone is 3. The summed E-state index contributed by atoms with van der Waals surface area (Å²) in [6.07, 6.45) is 4.36. The molecule has 34 heavy (non-hydrogen) atoms. The number of phenolic OH excluding ortho intramolecular Hbond substituents is 1. The van der Waals surface area contributed by atoms with E-state index in [4.69, 9.17) is 17.3 Å². The van der Waals surface area contributed by atoms with Gasteiger partial charge in [-0.15, -0.1) is 0 Å². The monoisotopic (exact) mass is 487 g/mol. The first kappa shape index (κ1) is 24.0. The Kier molecular flexibility index (Phi) is 6.08. The van der Waals surface area contributed by atoms with Crippen molar-refractivity contribution in [3.8, 4) is 5.75 Å². The van der Waals surface area contributed by atoms with Crippen LogP contribution in [0, 0.1) is 11.8 Å². The van der Waals surface area contributed by atoms with Gasteiger partial charge in [-0.05, 0) is 54.9 Å². The van der Waals surface area contributed by atoms with Crippen LogP contribution in [0.1, 0.15) is 60.5 Å². The highest BCUT2D eigenvalue weighted by Gasteiger charge is 2.59. The van der Waals surface area contributed by atoms with Gasteiger partial charge in [0, 0.05) is 22.9 Å². The molecule has 0 aliphatic heterocycles.